The second kappa shape index (κ2) is 5.48. The summed E-state index contributed by atoms with van der Waals surface area (Å²) in [6.45, 7) is 0. The Balaban J connectivity index is 2.50. The van der Waals surface area contributed by atoms with Gasteiger partial charge >= 0.3 is 0 Å². The fraction of sp³-hybridized carbons (Fsp3) is 0.0909. The van der Waals surface area contributed by atoms with E-state index in [0.29, 0.717) is 20.3 Å². The number of carbonyl (C=O) groups is 1. The van der Waals surface area contributed by atoms with E-state index in [9.17, 15) is 9.90 Å². The number of amides is 1. The number of hydrogen-bond acceptors (Lipinski definition) is 4. The number of halogens is 2. The van der Waals surface area contributed by atoms with E-state index in [1.165, 1.54) is 13.2 Å². The van der Waals surface area contributed by atoms with Gasteiger partial charge in [-0.1, -0.05) is 0 Å². The van der Waals surface area contributed by atoms with Gasteiger partial charge in [-0.2, -0.15) is 0 Å². The molecule has 1 aliphatic heterocycles. The van der Waals surface area contributed by atoms with Crippen LogP contribution in [0.5, 0.6) is 11.5 Å². The Morgan fingerprint density at radius 1 is 1.42 bits per heavy atom. The van der Waals surface area contributed by atoms with Crippen molar-refractivity contribution in [3.05, 3.63) is 26.3 Å². The molecular formula is C11H8Br2N2O3S. The smallest absolute Gasteiger partial charge is 0.273 e. The first-order valence-electron chi connectivity index (χ1n) is 5.03. The number of nitrogens with one attached hydrogen (secondary N) is 2. The maximum Gasteiger partial charge on any atom is 0.273 e. The molecule has 2 rings (SSSR count). The van der Waals surface area contributed by atoms with Gasteiger partial charge in [0.05, 0.1) is 11.6 Å². The molecule has 19 heavy (non-hydrogen) atoms. The standard InChI is InChI=1S/C11H8Br2N2O3S/c1-18-9-5(12)2-4(8(16)7(9)13)3-6-10(17)15-11(19)14-6/h2-3,16H,1H3,(H2,14,15,17,19). The van der Waals surface area contributed by atoms with Gasteiger partial charge in [0, 0.05) is 5.56 Å². The molecule has 0 bridgehead atoms. The number of ether oxygens (including phenoxy) is 1. The largest absolute Gasteiger partial charge is 0.506 e. The molecule has 0 unspecified atom stereocenters. The number of aromatic hydroxyl groups is 1. The lowest BCUT2D eigenvalue weighted by molar-refractivity contribution is -0.115. The molecule has 0 spiro atoms. The zero-order chi connectivity index (χ0) is 14.2. The lowest BCUT2D eigenvalue weighted by Crippen LogP contribution is -2.21. The van der Waals surface area contributed by atoms with Gasteiger partial charge in [0.25, 0.3) is 5.91 Å². The Hall–Kier alpha value is -1.12. The summed E-state index contributed by atoms with van der Waals surface area (Å²) in [4.78, 5) is 11.5. The normalized spacial score (nSPS) is 16.5. The third-order valence-electron chi connectivity index (χ3n) is 2.40. The Bertz CT molecular complexity index is 616. The minimum Gasteiger partial charge on any atom is -0.506 e. The predicted octanol–water partition coefficient (Wildman–Crippen LogP) is 2.27. The molecule has 1 aromatic carbocycles. The van der Waals surface area contributed by atoms with Crippen LogP contribution in [0.25, 0.3) is 6.08 Å². The van der Waals surface area contributed by atoms with Crippen molar-refractivity contribution < 1.29 is 14.6 Å². The van der Waals surface area contributed by atoms with Crippen LogP contribution in [0.2, 0.25) is 0 Å². The van der Waals surface area contributed by atoms with Gasteiger partial charge in [-0.05, 0) is 56.2 Å². The summed E-state index contributed by atoms with van der Waals surface area (Å²) in [7, 11) is 1.49. The van der Waals surface area contributed by atoms with Crippen molar-refractivity contribution >= 4 is 61.2 Å². The van der Waals surface area contributed by atoms with Crippen molar-refractivity contribution in [1.82, 2.24) is 10.6 Å². The molecule has 100 valence electrons. The summed E-state index contributed by atoms with van der Waals surface area (Å²) in [5.41, 5.74) is 0.714. The molecular weight excluding hydrogens is 400 g/mol. The van der Waals surface area contributed by atoms with E-state index in [2.05, 4.69) is 42.5 Å². The maximum absolute atomic E-state index is 11.5. The first kappa shape index (κ1) is 14.3. The van der Waals surface area contributed by atoms with Gasteiger partial charge in [0.2, 0.25) is 0 Å². The van der Waals surface area contributed by atoms with Gasteiger partial charge in [0.1, 0.15) is 15.9 Å². The summed E-state index contributed by atoms with van der Waals surface area (Å²) in [6.07, 6.45) is 1.50. The predicted molar refractivity (Wildman–Crippen MR) is 81.9 cm³/mol. The van der Waals surface area contributed by atoms with Gasteiger partial charge in [-0.3, -0.25) is 10.1 Å². The van der Waals surface area contributed by atoms with E-state index in [4.69, 9.17) is 17.0 Å². The molecule has 0 aliphatic carbocycles. The third kappa shape index (κ3) is 2.75. The van der Waals surface area contributed by atoms with Crippen LogP contribution < -0.4 is 15.4 Å². The van der Waals surface area contributed by atoms with Crippen molar-refractivity contribution in [3.8, 4) is 11.5 Å². The monoisotopic (exact) mass is 406 g/mol. The van der Waals surface area contributed by atoms with Crippen molar-refractivity contribution in [1.29, 1.82) is 0 Å². The molecule has 1 amide bonds. The van der Waals surface area contributed by atoms with Crippen LogP contribution in [0.1, 0.15) is 5.56 Å². The molecule has 1 fully saturated rings. The van der Waals surface area contributed by atoms with Crippen molar-refractivity contribution in [3.63, 3.8) is 0 Å². The highest BCUT2D eigenvalue weighted by molar-refractivity contribution is 9.11. The first-order chi connectivity index (χ1) is 8.93. The average Bonchev–Trinajstić information content (AvgIpc) is 2.65. The van der Waals surface area contributed by atoms with Crippen LogP contribution >= 0.6 is 44.1 Å². The molecule has 1 heterocycles. The molecule has 8 heteroatoms. The first-order valence-corrected chi connectivity index (χ1v) is 7.02. The van der Waals surface area contributed by atoms with Crippen molar-refractivity contribution in [2.24, 2.45) is 0 Å². The van der Waals surface area contributed by atoms with Crippen molar-refractivity contribution in [2.75, 3.05) is 7.11 Å². The molecule has 0 radical (unpaired) electrons. The maximum atomic E-state index is 11.5. The van der Waals surface area contributed by atoms with Crippen molar-refractivity contribution in [2.45, 2.75) is 0 Å². The van der Waals surface area contributed by atoms with Gasteiger partial charge in [0.15, 0.2) is 10.9 Å². The Morgan fingerprint density at radius 3 is 2.63 bits per heavy atom. The van der Waals surface area contributed by atoms with Gasteiger partial charge in [-0.15, -0.1) is 0 Å². The summed E-state index contributed by atoms with van der Waals surface area (Å²) in [5.74, 6) is 0.103. The minimum absolute atomic E-state index is 0.0278. The SMILES string of the molecule is COc1c(Br)cc(C=C2NC(=S)NC2=O)c(O)c1Br. The molecule has 5 nitrogen and oxygen atoms in total. The molecule has 1 aromatic rings. The number of hydrogen-bond donors (Lipinski definition) is 3. The number of phenols is 1. The molecule has 0 saturated carbocycles. The summed E-state index contributed by atoms with van der Waals surface area (Å²) >= 11 is 11.4. The highest BCUT2D eigenvalue weighted by atomic mass is 79.9. The number of phenolic OH excluding ortho intramolecular Hbond substituents is 1. The highest BCUT2D eigenvalue weighted by Crippen LogP contribution is 2.42. The quantitative estimate of drug-likeness (QED) is 0.518. The number of rotatable bonds is 2. The van der Waals surface area contributed by atoms with Gasteiger partial charge < -0.3 is 15.2 Å². The van der Waals surface area contributed by atoms with E-state index in [-0.39, 0.29) is 22.5 Å². The lowest BCUT2D eigenvalue weighted by atomic mass is 10.1. The number of methoxy groups -OCH3 is 1. The average molecular weight is 408 g/mol. The molecule has 1 aliphatic rings. The van der Waals surface area contributed by atoms with E-state index in [1.54, 1.807) is 6.07 Å². The number of thiocarbonyl (C=S) groups is 1. The fourth-order valence-electron chi connectivity index (χ4n) is 1.54. The molecule has 0 atom stereocenters. The molecule has 1 saturated heterocycles. The lowest BCUT2D eigenvalue weighted by Gasteiger charge is -2.10. The van der Waals surface area contributed by atoms with E-state index < -0.39 is 0 Å². The Morgan fingerprint density at radius 2 is 2.11 bits per heavy atom. The number of benzene rings is 1. The van der Waals surface area contributed by atoms with Crippen LogP contribution in [0.15, 0.2) is 20.7 Å². The molecule has 0 aromatic heterocycles. The van der Waals surface area contributed by atoms with Crippen LogP contribution in [-0.2, 0) is 4.79 Å². The fourth-order valence-corrected chi connectivity index (χ4v) is 3.22. The highest BCUT2D eigenvalue weighted by Gasteiger charge is 2.22. The number of carbonyl (C=O) groups excluding carboxylic acids is 1. The third-order valence-corrected chi connectivity index (χ3v) is 3.93. The minimum atomic E-state index is -0.340. The Kier molecular flexibility index (Phi) is 4.12. The zero-order valence-electron chi connectivity index (χ0n) is 9.58. The second-order valence-electron chi connectivity index (χ2n) is 3.61. The van der Waals surface area contributed by atoms with Gasteiger partial charge in [-0.25, -0.2) is 0 Å². The zero-order valence-corrected chi connectivity index (χ0v) is 13.6. The Labute approximate surface area is 131 Å². The van der Waals surface area contributed by atoms with Crippen LogP contribution in [0, 0.1) is 0 Å². The van der Waals surface area contributed by atoms with Crippen LogP contribution in [-0.4, -0.2) is 23.2 Å². The summed E-state index contributed by atoms with van der Waals surface area (Å²) in [5, 5.41) is 15.4. The summed E-state index contributed by atoms with van der Waals surface area (Å²) in [6, 6.07) is 1.64. The van der Waals surface area contributed by atoms with E-state index in [0.717, 1.165) is 0 Å². The van der Waals surface area contributed by atoms with E-state index in [1.807, 2.05) is 0 Å². The summed E-state index contributed by atoms with van der Waals surface area (Å²) < 4.78 is 6.18. The molecule has 3 N–H and O–H groups in total. The van der Waals surface area contributed by atoms with E-state index >= 15 is 0 Å². The topological polar surface area (TPSA) is 70.6 Å². The van der Waals surface area contributed by atoms with Crippen LogP contribution in [0.4, 0.5) is 0 Å². The van der Waals surface area contributed by atoms with Crippen LogP contribution in [0.3, 0.4) is 0 Å². The second-order valence-corrected chi connectivity index (χ2v) is 5.67.